The highest BCUT2D eigenvalue weighted by Crippen LogP contribution is 2.43. The molecule has 0 aliphatic heterocycles. The van der Waals surface area contributed by atoms with Gasteiger partial charge in [0, 0.05) is 38.0 Å². The Labute approximate surface area is 337 Å². The quantitative estimate of drug-likeness (QED) is 0.134. The van der Waals surface area contributed by atoms with Crippen molar-refractivity contribution in [1.82, 2.24) is 14.5 Å². The number of aromatic nitrogens is 3. The Morgan fingerprint density at radius 1 is 0.737 bits per heavy atom. The molecule has 5 heteroatoms. The molecule has 0 radical (unpaired) electrons. The van der Waals surface area contributed by atoms with Crippen LogP contribution in [-0.2, 0) is 5.41 Å². The average molecular weight is 755 g/mol. The van der Waals surface area contributed by atoms with E-state index in [1.54, 1.807) is 11.3 Å². The molecule has 1 unspecified atom stereocenters. The number of nitrogens with one attached hydrogen (secondary N) is 1. The molecular weight excluding hydrogens is 713 g/mol. The van der Waals surface area contributed by atoms with Gasteiger partial charge in [-0.15, -0.1) is 11.3 Å². The molecule has 0 bridgehead atoms. The molecular formula is C52H42N4S. The van der Waals surface area contributed by atoms with E-state index in [1.807, 2.05) is 18.2 Å². The zero-order valence-electron chi connectivity index (χ0n) is 32.1. The lowest BCUT2D eigenvalue weighted by atomic mass is 9.77. The van der Waals surface area contributed by atoms with Crippen LogP contribution in [0.15, 0.2) is 194 Å². The highest BCUT2D eigenvalue weighted by Gasteiger charge is 2.29. The number of benzene rings is 6. The summed E-state index contributed by atoms with van der Waals surface area (Å²) in [7, 11) is 0. The summed E-state index contributed by atoms with van der Waals surface area (Å²) in [6.45, 7) is 8.88. The summed E-state index contributed by atoms with van der Waals surface area (Å²) in [4.78, 5) is 12.1. The van der Waals surface area contributed by atoms with Crippen LogP contribution in [0.5, 0.6) is 0 Å². The van der Waals surface area contributed by atoms with E-state index in [9.17, 15) is 0 Å². The smallest absolute Gasteiger partial charge is 0.235 e. The molecule has 0 fully saturated rings. The zero-order valence-corrected chi connectivity index (χ0v) is 32.9. The minimum atomic E-state index is -0.457. The summed E-state index contributed by atoms with van der Waals surface area (Å²) in [6.07, 6.45) is 9.72. The van der Waals surface area contributed by atoms with Gasteiger partial charge in [-0.25, -0.2) is 9.97 Å². The zero-order chi connectivity index (χ0) is 38.8. The van der Waals surface area contributed by atoms with Crippen molar-refractivity contribution >= 4 is 55.1 Å². The maximum Gasteiger partial charge on any atom is 0.235 e. The van der Waals surface area contributed by atoms with Crippen LogP contribution in [-0.4, -0.2) is 14.5 Å². The minimum Gasteiger partial charge on any atom is -0.356 e. The van der Waals surface area contributed by atoms with Crippen molar-refractivity contribution in [3.8, 4) is 27.6 Å². The van der Waals surface area contributed by atoms with E-state index in [4.69, 9.17) is 9.97 Å². The molecule has 6 aromatic carbocycles. The van der Waals surface area contributed by atoms with Gasteiger partial charge in [-0.3, -0.25) is 4.57 Å². The molecule has 0 aliphatic rings. The first-order valence-corrected chi connectivity index (χ1v) is 20.1. The van der Waals surface area contributed by atoms with Crippen molar-refractivity contribution in [2.24, 2.45) is 0 Å². The van der Waals surface area contributed by atoms with Gasteiger partial charge in [-0.1, -0.05) is 171 Å². The number of fused-ring (bicyclic) bond motifs is 4. The molecule has 0 saturated heterocycles. The normalized spacial score (nSPS) is 12.9. The lowest BCUT2D eigenvalue weighted by molar-refractivity contribution is 0.609. The van der Waals surface area contributed by atoms with E-state index in [0.717, 1.165) is 61.1 Å². The fourth-order valence-corrected chi connectivity index (χ4v) is 8.86. The number of nitrogens with zero attached hydrogens (tertiary/aromatic N) is 3. The molecule has 3 aromatic heterocycles. The molecule has 1 atom stereocenters. The Hall–Kier alpha value is -6.82. The van der Waals surface area contributed by atoms with Crippen LogP contribution in [0.25, 0.3) is 65.7 Å². The number of para-hydroxylation sites is 3. The Morgan fingerprint density at radius 3 is 2.18 bits per heavy atom. The van der Waals surface area contributed by atoms with Crippen LogP contribution in [0.4, 0.5) is 5.69 Å². The van der Waals surface area contributed by atoms with Crippen molar-refractivity contribution in [2.75, 3.05) is 5.32 Å². The first-order valence-electron chi connectivity index (χ1n) is 19.3. The maximum absolute atomic E-state index is 5.48. The molecule has 0 saturated carbocycles. The SMILES string of the molecule is C=C(/C=C\C(C)(C/C=C\c1ccccc1C)c1cccc2c3ccccc3n(-c3nc(-c4ccccc4)c4sc(-c5ccccc5)cc4n3)c12)Nc1ccccc1. The molecule has 276 valence electrons. The standard InChI is InChI=1S/C52H42N4S/c1-36-19-13-14-20-38(36)25-18-33-52(3,34-32-37(2)53-41-26-11-6-12-27-41)44-30-17-29-43-42-28-15-16-31-46(42)56(49(43)44)51-54-45-35-47(39-21-7-4-8-22-39)57-50(45)48(55-51)40-23-9-5-10-24-40/h4-32,34-35,53H,2,33H2,1,3H3/b25-18-,34-32-. The number of hydrogen-bond donors (Lipinski definition) is 1. The second-order valence-corrected chi connectivity index (χ2v) is 15.8. The van der Waals surface area contributed by atoms with Crippen molar-refractivity contribution in [2.45, 2.75) is 25.7 Å². The predicted octanol–water partition coefficient (Wildman–Crippen LogP) is 14.0. The molecule has 0 aliphatic carbocycles. The van der Waals surface area contributed by atoms with Crippen LogP contribution in [0.2, 0.25) is 0 Å². The number of aryl methyl sites for hydroxylation is 1. The third kappa shape index (κ3) is 7.10. The van der Waals surface area contributed by atoms with Gasteiger partial charge in [0.15, 0.2) is 0 Å². The second kappa shape index (κ2) is 15.4. The van der Waals surface area contributed by atoms with Gasteiger partial charge in [0.2, 0.25) is 5.95 Å². The second-order valence-electron chi connectivity index (χ2n) is 14.7. The minimum absolute atomic E-state index is 0.457. The van der Waals surface area contributed by atoms with E-state index in [0.29, 0.717) is 5.95 Å². The molecule has 0 spiro atoms. The molecule has 1 N–H and O–H groups in total. The van der Waals surface area contributed by atoms with Crippen LogP contribution in [0, 0.1) is 6.92 Å². The topological polar surface area (TPSA) is 42.7 Å². The number of rotatable bonds is 11. The Balaban J connectivity index is 1.26. The third-order valence-corrected chi connectivity index (χ3v) is 11.9. The lowest BCUT2D eigenvalue weighted by Crippen LogP contribution is -2.20. The average Bonchev–Trinajstić information content (AvgIpc) is 3.84. The summed E-state index contributed by atoms with van der Waals surface area (Å²) >= 11 is 1.75. The van der Waals surface area contributed by atoms with E-state index in [2.05, 4.69) is 200 Å². The summed E-state index contributed by atoms with van der Waals surface area (Å²) in [5.41, 5.74) is 11.2. The van der Waals surface area contributed by atoms with Crippen LogP contribution < -0.4 is 5.32 Å². The summed E-state index contributed by atoms with van der Waals surface area (Å²) in [5.74, 6) is 0.648. The maximum atomic E-state index is 5.48. The van der Waals surface area contributed by atoms with Crippen molar-refractivity contribution in [3.05, 3.63) is 211 Å². The monoisotopic (exact) mass is 754 g/mol. The third-order valence-electron chi connectivity index (χ3n) is 10.7. The number of anilines is 1. The Morgan fingerprint density at radius 2 is 1.40 bits per heavy atom. The van der Waals surface area contributed by atoms with Crippen molar-refractivity contribution < 1.29 is 0 Å². The van der Waals surface area contributed by atoms with Gasteiger partial charge < -0.3 is 5.32 Å². The van der Waals surface area contributed by atoms with Gasteiger partial charge in [0.05, 0.1) is 26.9 Å². The van der Waals surface area contributed by atoms with Crippen LogP contribution in [0.1, 0.15) is 30.0 Å². The largest absolute Gasteiger partial charge is 0.356 e. The first-order chi connectivity index (χ1) is 27.9. The summed E-state index contributed by atoms with van der Waals surface area (Å²) < 4.78 is 3.36. The van der Waals surface area contributed by atoms with Gasteiger partial charge in [-0.05, 0) is 65.9 Å². The molecule has 3 heterocycles. The van der Waals surface area contributed by atoms with Crippen LogP contribution >= 0.6 is 11.3 Å². The molecule has 9 aromatic rings. The van der Waals surface area contributed by atoms with Crippen molar-refractivity contribution in [1.29, 1.82) is 0 Å². The lowest BCUT2D eigenvalue weighted by Gasteiger charge is -2.27. The molecule has 57 heavy (non-hydrogen) atoms. The number of allylic oxidation sites excluding steroid dienone is 3. The first kappa shape index (κ1) is 35.9. The molecule has 0 amide bonds. The summed E-state index contributed by atoms with van der Waals surface area (Å²) in [6, 6.07) is 57.3. The fraction of sp³-hybridized carbons (Fsp3) is 0.0769. The predicted molar refractivity (Wildman–Crippen MR) is 243 cm³/mol. The molecule has 4 nitrogen and oxygen atoms in total. The number of thiophene rings is 1. The Kier molecular flexibility index (Phi) is 9.67. The van der Waals surface area contributed by atoms with Gasteiger partial charge in [0.1, 0.15) is 0 Å². The van der Waals surface area contributed by atoms with E-state index < -0.39 is 5.41 Å². The van der Waals surface area contributed by atoms with Gasteiger partial charge in [0.25, 0.3) is 0 Å². The Bertz CT molecular complexity index is 2940. The number of hydrogen-bond acceptors (Lipinski definition) is 4. The summed E-state index contributed by atoms with van der Waals surface area (Å²) in [5, 5.41) is 5.80. The van der Waals surface area contributed by atoms with Crippen LogP contribution in [0.3, 0.4) is 0 Å². The van der Waals surface area contributed by atoms with Gasteiger partial charge >= 0.3 is 0 Å². The molecule has 9 rings (SSSR count). The van der Waals surface area contributed by atoms with E-state index >= 15 is 0 Å². The highest BCUT2D eigenvalue weighted by atomic mass is 32.1. The fourth-order valence-electron chi connectivity index (χ4n) is 7.75. The van der Waals surface area contributed by atoms with E-state index in [1.165, 1.54) is 27.1 Å². The van der Waals surface area contributed by atoms with E-state index in [-0.39, 0.29) is 0 Å². The van der Waals surface area contributed by atoms with Gasteiger partial charge in [-0.2, -0.15) is 0 Å². The highest BCUT2D eigenvalue weighted by molar-refractivity contribution is 7.22. The van der Waals surface area contributed by atoms with Crippen molar-refractivity contribution in [3.63, 3.8) is 0 Å².